The quantitative estimate of drug-likeness (QED) is 0.778. The van der Waals surface area contributed by atoms with Gasteiger partial charge < -0.3 is 21.3 Å². The molecular weight excluding hydrogens is 268 g/mol. The summed E-state index contributed by atoms with van der Waals surface area (Å²) in [7, 11) is 0. The molecule has 0 aliphatic carbocycles. The highest BCUT2D eigenvalue weighted by molar-refractivity contribution is 5.92. The van der Waals surface area contributed by atoms with Crippen LogP contribution in [0.25, 0.3) is 0 Å². The van der Waals surface area contributed by atoms with Gasteiger partial charge in [0, 0.05) is 24.8 Å². The zero-order valence-corrected chi connectivity index (χ0v) is 12.3. The number of nitrogens with one attached hydrogen (secondary N) is 2. The Balaban J connectivity index is 1.77. The lowest BCUT2D eigenvalue weighted by Crippen LogP contribution is -2.49. The first-order chi connectivity index (χ1) is 10.0. The summed E-state index contributed by atoms with van der Waals surface area (Å²) < 4.78 is 0. The van der Waals surface area contributed by atoms with Gasteiger partial charge in [-0.3, -0.25) is 4.79 Å². The summed E-state index contributed by atoms with van der Waals surface area (Å²) in [6.45, 7) is 3.23. The van der Waals surface area contributed by atoms with Gasteiger partial charge in [0.2, 0.25) is 5.91 Å². The van der Waals surface area contributed by atoms with Crippen LogP contribution in [0, 0.1) is 6.92 Å². The Bertz CT molecular complexity index is 518. The highest BCUT2D eigenvalue weighted by Gasteiger charge is 2.21. The minimum Gasteiger partial charge on any atom is -0.340 e. The average Bonchev–Trinajstić information content (AvgIpc) is 2.45. The van der Waals surface area contributed by atoms with E-state index in [1.54, 1.807) is 11.0 Å². The summed E-state index contributed by atoms with van der Waals surface area (Å²) in [5.74, 6) is -0.0930. The molecule has 6 nitrogen and oxygen atoms in total. The molecule has 2 rings (SSSR count). The highest BCUT2D eigenvalue weighted by atomic mass is 16.2. The molecule has 6 heteroatoms. The molecule has 1 saturated heterocycles. The van der Waals surface area contributed by atoms with Gasteiger partial charge in [0.25, 0.3) is 0 Å². The minimum absolute atomic E-state index is 0.00955. The van der Waals surface area contributed by atoms with E-state index in [-0.39, 0.29) is 24.5 Å². The van der Waals surface area contributed by atoms with E-state index in [4.69, 9.17) is 5.73 Å². The number of nitrogens with zero attached hydrogens (tertiary/aromatic N) is 1. The largest absolute Gasteiger partial charge is 0.340 e. The van der Waals surface area contributed by atoms with E-state index in [0.29, 0.717) is 18.8 Å². The molecule has 1 aliphatic heterocycles. The van der Waals surface area contributed by atoms with Gasteiger partial charge in [0.05, 0.1) is 6.54 Å². The van der Waals surface area contributed by atoms with Crippen LogP contribution in [0.3, 0.4) is 0 Å². The molecular formula is C15H22N4O2. The van der Waals surface area contributed by atoms with Gasteiger partial charge in [-0.25, -0.2) is 4.79 Å². The third-order valence-electron chi connectivity index (χ3n) is 3.49. The first-order valence-corrected chi connectivity index (χ1v) is 7.19. The molecule has 1 atom stereocenters. The molecule has 1 heterocycles. The van der Waals surface area contributed by atoms with Crippen molar-refractivity contribution in [2.45, 2.75) is 25.8 Å². The Morgan fingerprint density at radius 1 is 1.43 bits per heavy atom. The van der Waals surface area contributed by atoms with Gasteiger partial charge in [0.15, 0.2) is 0 Å². The van der Waals surface area contributed by atoms with Crippen LogP contribution >= 0.6 is 0 Å². The maximum atomic E-state index is 12.0. The summed E-state index contributed by atoms with van der Waals surface area (Å²) in [6.07, 6.45) is 1.87. The molecule has 0 saturated carbocycles. The number of nitrogens with two attached hydrogens (primary N) is 1. The molecule has 1 aromatic carbocycles. The van der Waals surface area contributed by atoms with E-state index in [1.165, 1.54) is 0 Å². The van der Waals surface area contributed by atoms with Crippen molar-refractivity contribution in [1.29, 1.82) is 0 Å². The third-order valence-corrected chi connectivity index (χ3v) is 3.49. The maximum Gasteiger partial charge on any atom is 0.319 e. The average molecular weight is 290 g/mol. The predicted octanol–water partition coefficient (Wildman–Crippen LogP) is 1.07. The minimum atomic E-state index is -0.379. The standard InChI is InChI=1S/C15H22N4O2/c1-11-4-2-6-13(8-11)18-15(21)17-9-14(20)19-7-3-5-12(16)10-19/h2,4,6,8,12H,3,5,7,9-10,16H2,1H3,(H2,17,18,21). The lowest BCUT2D eigenvalue weighted by molar-refractivity contribution is -0.131. The van der Waals surface area contributed by atoms with Gasteiger partial charge in [-0.05, 0) is 37.5 Å². The van der Waals surface area contributed by atoms with E-state index in [1.807, 2.05) is 25.1 Å². The topological polar surface area (TPSA) is 87.5 Å². The second-order valence-corrected chi connectivity index (χ2v) is 5.42. The van der Waals surface area contributed by atoms with Crippen LogP contribution in [-0.2, 0) is 4.79 Å². The van der Waals surface area contributed by atoms with Crippen LogP contribution in [0.2, 0.25) is 0 Å². The number of piperidine rings is 1. The van der Waals surface area contributed by atoms with Crippen LogP contribution in [0.4, 0.5) is 10.5 Å². The van der Waals surface area contributed by atoms with Crippen molar-refractivity contribution < 1.29 is 9.59 Å². The molecule has 3 amide bonds. The van der Waals surface area contributed by atoms with Crippen molar-refractivity contribution in [3.8, 4) is 0 Å². The molecule has 0 spiro atoms. The molecule has 1 unspecified atom stereocenters. The lowest BCUT2D eigenvalue weighted by atomic mass is 10.1. The molecule has 1 aromatic rings. The number of carbonyl (C=O) groups is 2. The zero-order chi connectivity index (χ0) is 15.2. The Labute approximate surface area is 124 Å². The first kappa shape index (κ1) is 15.3. The Morgan fingerprint density at radius 3 is 2.95 bits per heavy atom. The fraction of sp³-hybridized carbons (Fsp3) is 0.467. The second-order valence-electron chi connectivity index (χ2n) is 5.42. The van der Waals surface area contributed by atoms with E-state index in [2.05, 4.69) is 10.6 Å². The van der Waals surface area contributed by atoms with Crippen molar-refractivity contribution in [3.63, 3.8) is 0 Å². The Morgan fingerprint density at radius 2 is 2.24 bits per heavy atom. The van der Waals surface area contributed by atoms with E-state index < -0.39 is 0 Å². The van der Waals surface area contributed by atoms with E-state index >= 15 is 0 Å². The van der Waals surface area contributed by atoms with E-state index in [0.717, 1.165) is 18.4 Å². The van der Waals surface area contributed by atoms with E-state index in [9.17, 15) is 9.59 Å². The number of urea groups is 1. The van der Waals surface area contributed by atoms with Crippen molar-refractivity contribution in [2.75, 3.05) is 25.0 Å². The maximum absolute atomic E-state index is 12.0. The molecule has 4 N–H and O–H groups in total. The second kappa shape index (κ2) is 7.08. The van der Waals surface area contributed by atoms with Crippen molar-refractivity contribution in [1.82, 2.24) is 10.2 Å². The molecule has 1 fully saturated rings. The van der Waals surface area contributed by atoms with Crippen LogP contribution < -0.4 is 16.4 Å². The smallest absolute Gasteiger partial charge is 0.319 e. The summed E-state index contributed by atoms with van der Waals surface area (Å²) in [5.41, 5.74) is 7.61. The summed E-state index contributed by atoms with van der Waals surface area (Å²) >= 11 is 0. The van der Waals surface area contributed by atoms with Gasteiger partial charge >= 0.3 is 6.03 Å². The number of anilines is 1. The van der Waals surface area contributed by atoms with Crippen LogP contribution in [0.5, 0.6) is 0 Å². The first-order valence-electron chi connectivity index (χ1n) is 7.19. The monoisotopic (exact) mass is 290 g/mol. The van der Waals surface area contributed by atoms with Crippen LogP contribution in [0.1, 0.15) is 18.4 Å². The van der Waals surface area contributed by atoms with Crippen molar-refractivity contribution in [2.24, 2.45) is 5.73 Å². The van der Waals surface area contributed by atoms with Crippen molar-refractivity contribution in [3.05, 3.63) is 29.8 Å². The van der Waals surface area contributed by atoms with Gasteiger partial charge in [-0.15, -0.1) is 0 Å². The fourth-order valence-corrected chi connectivity index (χ4v) is 2.40. The number of amides is 3. The zero-order valence-electron chi connectivity index (χ0n) is 12.3. The number of rotatable bonds is 3. The number of hydrogen-bond acceptors (Lipinski definition) is 3. The normalized spacial score (nSPS) is 18.2. The number of carbonyl (C=O) groups excluding carboxylic acids is 2. The number of aryl methyl sites for hydroxylation is 1. The third kappa shape index (κ3) is 4.75. The van der Waals surface area contributed by atoms with Gasteiger partial charge in [0.1, 0.15) is 0 Å². The Kier molecular flexibility index (Phi) is 5.16. The molecule has 0 bridgehead atoms. The number of benzene rings is 1. The van der Waals surface area contributed by atoms with Gasteiger partial charge in [-0.1, -0.05) is 12.1 Å². The van der Waals surface area contributed by atoms with Crippen LogP contribution in [0.15, 0.2) is 24.3 Å². The molecule has 0 aromatic heterocycles. The Hall–Kier alpha value is -2.08. The number of hydrogen-bond donors (Lipinski definition) is 3. The molecule has 0 radical (unpaired) electrons. The van der Waals surface area contributed by atoms with Gasteiger partial charge in [-0.2, -0.15) is 0 Å². The summed E-state index contributed by atoms with van der Waals surface area (Å²) in [6, 6.07) is 7.15. The molecule has 1 aliphatic rings. The predicted molar refractivity (Wildman–Crippen MR) is 82.0 cm³/mol. The van der Waals surface area contributed by atoms with Crippen LogP contribution in [-0.4, -0.2) is 42.5 Å². The fourth-order valence-electron chi connectivity index (χ4n) is 2.40. The summed E-state index contributed by atoms with van der Waals surface area (Å²) in [4.78, 5) is 25.4. The summed E-state index contributed by atoms with van der Waals surface area (Å²) in [5, 5.41) is 5.28. The SMILES string of the molecule is Cc1cccc(NC(=O)NCC(=O)N2CCCC(N)C2)c1. The molecule has 114 valence electrons. The number of likely N-dealkylation sites (tertiary alicyclic amines) is 1. The molecule has 21 heavy (non-hydrogen) atoms. The highest BCUT2D eigenvalue weighted by Crippen LogP contribution is 2.09. The van der Waals surface area contributed by atoms with Crippen molar-refractivity contribution >= 4 is 17.6 Å². The lowest BCUT2D eigenvalue weighted by Gasteiger charge is -2.30.